The molecule has 170 valence electrons. The summed E-state index contributed by atoms with van der Waals surface area (Å²) in [6.07, 6.45) is -2.06. The minimum Gasteiger partial charge on any atom is -0.403 e. The van der Waals surface area contributed by atoms with Crippen LogP contribution in [0.4, 0.5) is 22.0 Å². The molecule has 0 atom stereocenters. The van der Waals surface area contributed by atoms with E-state index in [9.17, 15) is 22.0 Å². The van der Waals surface area contributed by atoms with Gasteiger partial charge in [0, 0.05) is 10.9 Å². The summed E-state index contributed by atoms with van der Waals surface area (Å²) in [6.45, 7) is 2.10. The van der Waals surface area contributed by atoms with Crippen LogP contribution in [0.3, 0.4) is 0 Å². The second-order valence-electron chi connectivity index (χ2n) is 7.86. The van der Waals surface area contributed by atoms with Gasteiger partial charge in [-0.15, -0.1) is 13.2 Å². The molecule has 0 N–H and O–H groups in total. The Kier molecular flexibility index (Phi) is 6.36. The first-order valence-corrected chi connectivity index (χ1v) is 10.6. The van der Waals surface area contributed by atoms with Crippen molar-refractivity contribution in [2.75, 3.05) is 0 Å². The SMILES string of the molecule is CCCCc1ccc(-c2ccc(-c3ccc4c(F)c(OC(F)(F)F)ccc4c3)cc2)c(F)c1. The molecule has 0 aliphatic carbocycles. The Morgan fingerprint density at radius 2 is 1.45 bits per heavy atom. The van der Waals surface area contributed by atoms with Crippen molar-refractivity contribution in [1.29, 1.82) is 0 Å². The highest BCUT2D eigenvalue weighted by Crippen LogP contribution is 2.34. The van der Waals surface area contributed by atoms with Gasteiger partial charge < -0.3 is 4.74 Å². The van der Waals surface area contributed by atoms with Crippen LogP contribution in [0.15, 0.2) is 72.8 Å². The number of alkyl halides is 3. The Balaban J connectivity index is 1.60. The van der Waals surface area contributed by atoms with E-state index in [1.54, 1.807) is 24.3 Å². The van der Waals surface area contributed by atoms with Crippen LogP contribution in [0.5, 0.6) is 5.75 Å². The Labute approximate surface area is 188 Å². The van der Waals surface area contributed by atoms with Crippen molar-refractivity contribution in [1.82, 2.24) is 0 Å². The molecule has 0 aromatic heterocycles. The molecule has 0 aliphatic heterocycles. The molecule has 0 heterocycles. The monoisotopic (exact) mass is 456 g/mol. The number of halogens is 5. The quantitative estimate of drug-likeness (QED) is 0.264. The molecule has 0 unspecified atom stereocenters. The van der Waals surface area contributed by atoms with E-state index in [0.717, 1.165) is 47.6 Å². The molecule has 0 aliphatic rings. The number of rotatable bonds is 6. The maximum Gasteiger partial charge on any atom is 0.573 e. The zero-order chi connectivity index (χ0) is 23.6. The van der Waals surface area contributed by atoms with Gasteiger partial charge >= 0.3 is 6.36 Å². The summed E-state index contributed by atoms with van der Waals surface area (Å²) in [7, 11) is 0. The standard InChI is InChI=1S/C27H21F5O/c1-2-3-4-17-5-12-22(24(28)15-17)19-8-6-18(7-9-19)20-10-13-23-21(16-20)11-14-25(26(23)29)33-27(30,31)32/h5-16H,2-4H2,1H3. The van der Waals surface area contributed by atoms with Gasteiger partial charge in [-0.1, -0.05) is 67.9 Å². The van der Waals surface area contributed by atoms with Gasteiger partial charge in [0.15, 0.2) is 11.6 Å². The van der Waals surface area contributed by atoms with Crippen molar-refractivity contribution < 1.29 is 26.7 Å². The van der Waals surface area contributed by atoms with E-state index in [0.29, 0.717) is 10.9 Å². The van der Waals surface area contributed by atoms with E-state index < -0.39 is 17.9 Å². The second-order valence-corrected chi connectivity index (χ2v) is 7.86. The molecule has 0 radical (unpaired) electrons. The van der Waals surface area contributed by atoms with Crippen molar-refractivity contribution in [2.24, 2.45) is 0 Å². The number of benzene rings is 4. The summed E-state index contributed by atoms with van der Waals surface area (Å²) in [4.78, 5) is 0. The normalized spacial score (nSPS) is 11.7. The minimum absolute atomic E-state index is 0.0300. The zero-order valence-electron chi connectivity index (χ0n) is 17.8. The third-order valence-electron chi connectivity index (χ3n) is 5.53. The zero-order valence-corrected chi connectivity index (χ0v) is 17.8. The van der Waals surface area contributed by atoms with E-state index in [2.05, 4.69) is 11.7 Å². The van der Waals surface area contributed by atoms with Gasteiger partial charge in [0.2, 0.25) is 0 Å². The van der Waals surface area contributed by atoms with Gasteiger partial charge in [0.25, 0.3) is 0 Å². The smallest absolute Gasteiger partial charge is 0.403 e. The van der Waals surface area contributed by atoms with Crippen LogP contribution in [0.25, 0.3) is 33.0 Å². The number of hydrogen-bond donors (Lipinski definition) is 0. The van der Waals surface area contributed by atoms with Crippen LogP contribution in [-0.4, -0.2) is 6.36 Å². The van der Waals surface area contributed by atoms with Crippen molar-refractivity contribution in [3.05, 3.63) is 90.0 Å². The van der Waals surface area contributed by atoms with Crippen molar-refractivity contribution >= 4 is 10.8 Å². The Hall–Kier alpha value is -3.41. The molecular formula is C27H21F5O. The van der Waals surface area contributed by atoms with E-state index in [1.165, 1.54) is 12.1 Å². The van der Waals surface area contributed by atoms with Gasteiger partial charge in [0.05, 0.1) is 0 Å². The van der Waals surface area contributed by atoms with Gasteiger partial charge in [-0.3, -0.25) is 0 Å². The fraction of sp³-hybridized carbons (Fsp3) is 0.185. The first-order chi connectivity index (χ1) is 15.7. The Bertz CT molecular complexity index is 1280. The predicted molar refractivity (Wildman–Crippen MR) is 120 cm³/mol. The fourth-order valence-electron chi connectivity index (χ4n) is 3.83. The molecule has 0 saturated heterocycles. The third-order valence-corrected chi connectivity index (χ3v) is 5.53. The third kappa shape index (κ3) is 5.16. The van der Waals surface area contributed by atoms with Crippen LogP contribution in [0.2, 0.25) is 0 Å². The summed E-state index contributed by atoms with van der Waals surface area (Å²) >= 11 is 0. The molecule has 6 heteroatoms. The number of unbranched alkanes of at least 4 members (excludes halogenated alkanes) is 1. The van der Waals surface area contributed by atoms with Crippen molar-refractivity contribution in [3.8, 4) is 28.0 Å². The molecule has 33 heavy (non-hydrogen) atoms. The van der Waals surface area contributed by atoms with Crippen LogP contribution < -0.4 is 4.74 Å². The summed E-state index contributed by atoms with van der Waals surface area (Å²) in [5.41, 5.74) is 3.80. The van der Waals surface area contributed by atoms with E-state index in [-0.39, 0.29) is 11.2 Å². The molecule has 0 amide bonds. The average Bonchev–Trinajstić information content (AvgIpc) is 2.79. The summed E-state index contributed by atoms with van der Waals surface area (Å²) < 4.78 is 70.1. The molecule has 0 spiro atoms. The van der Waals surface area contributed by atoms with Crippen LogP contribution in [-0.2, 0) is 6.42 Å². The Morgan fingerprint density at radius 1 is 0.758 bits per heavy atom. The Morgan fingerprint density at radius 3 is 2.12 bits per heavy atom. The topological polar surface area (TPSA) is 9.23 Å². The van der Waals surface area contributed by atoms with Crippen molar-refractivity contribution in [3.63, 3.8) is 0 Å². The highest BCUT2D eigenvalue weighted by molar-refractivity contribution is 5.89. The summed E-state index contributed by atoms with van der Waals surface area (Å²) in [6, 6.07) is 19.7. The molecular weight excluding hydrogens is 435 g/mol. The number of hydrogen-bond acceptors (Lipinski definition) is 1. The van der Waals surface area contributed by atoms with Crippen LogP contribution in [0, 0.1) is 11.6 Å². The fourth-order valence-corrected chi connectivity index (χ4v) is 3.83. The largest absolute Gasteiger partial charge is 0.573 e. The van der Waals surface area contributed by atoms with E-state index in [4.69, 9.17) is 0 Å². The molecule has 4 aromatic rings. The first kappa shape index (κ1) is 22.8. The average molecular weight is 456 g/mol. The van der Waals surface area contributed by atoms with Crippen LogP contribution >= 0.6 is 0 Å². The molecule has 0 fully saturated rings. The molecule has 4 rings (SSSR count). The highest BCUT2D eigenvalue weighted by atomic mass is 19.4. The van der Waals surface area contributed by atoms with Gasteiger partial charge in [-0.2, -0.15) is 0 Å². The maximum atomic E-state index is 14.6. The van der Waals surface area contributed by atoms with E-state index >= 15 is 0 Å². The predicted octanol–water partition coefficient (Wildman–Crippen LogP) is 8.69. The summed E-state index contributed by atoms with van der Waals surface area (Å²) in [5, 5.41) is 0.472. The van der Waals surface area contributed by atoms with E-state index in [1.807, 2.05) is 30.3 Å². The second kappa shape index (κ2) is 9.22. The maximum absolute atomic E-state index is 14.6. The first-order valence-electron chi connectivity index (χ1n) is 10.6. The van der Waals surface area contributed by atoms with Crippen LogP contribution in [0.1, 0.15) is 25.3 Å². The molecule has 1 nitrogen and oxygen atoms in total. The lowest BCUT2D eigenvalue weighted by atomic mass is 9.97. The molecule has 0 bridgehead atoms. The van der Waals surface area contributed by atoms with Gasteiger partial charge in [-0.25, -0.2) is 8.78 Å². The number of aryl methyl sites for hydroxylation is 1. The number of fused-ring (bicyclic) bond motifs is 1. The summed E-state index contributed by atoms with van der Waals surface area (Å²) in [5.74, 6) is -2.20. The lowest BCUT2D eigenvalue weighted by Gasteiger charge is -2.12. The number of ether oxygens (including phenoxy) is 1. The molecule has 0 saturated carbocycles. The lowest BCUT2D eigenvalue weighted by Crippen LogP contribution is -2.17. The highest BCUT2D eigenvalue weighted by Gasteiger charge is 2.32. The van der Waals surface area contributed by atoms with Crippen molar-refractivity contribution in [2.45, 2.75) is 32.5 Å². The van der Waals surface area contributed by atoms with Gasteiger partial charge in [-0.05, 0) is 58.7 Å². The minimum atomic E-state index is -4.97. The lowest BCUT2D eigenvalue weighted by molar-refractivity contribution is -0.275. The van der Waals surface area contributed by atoms with Gasteiger partial charge in [0.1, 0.15) is 5.82 Å². The molecule has 4 aromatic carbocycles.